The van der Waals surface area contributed by atoms with Crippen molar-refractivity contribution in [2.24, 2.45) is 5.14 Å². The number of ether oxygens (including phenoxy) is 1. The Bertz CT molecular complexity index is 919. The second-order valence-corrected chi connectivity index (χ2v) is 7.80. The van der Waals surface area contributed by atoms with E-state index >= 15 is 0 Å². The molecule has 2 aromatic carbocycles. The number of primary sulfonamides is 1. The van der Waals surface area contributed by atoms with Crippen molar-refractivity contribution in [3.8, 4) is 5.75 Å². The predicted molar refractivity (Wildman–Crippen MR) is 105 cm³/mol. The lowest BCUT2D eigenvalue weighted by atomic mass is 10.1. The zero-order valence-electron chi connectivity index (χ0n) is 15.0. The van der Waals surface area contributed by atoms with E-state index < -0.39 is 15.9 Å². The molecule has 27 heavy (non-hydrogen) atoms. The summed E-state index contributed by atoms with van der Waals surface area (Å²) in [7, 11) is -2.38. The molecule has 1 atom stereocenters. The van der Waals surface area contributed by atoms with Gasteiger partial charge in [-0.3, -0.25) is 4.79 Å². The van der Waals surface area contributed by atoms with Gasteiger partial charge in [0.1, 0.15) is 10.6 Å². The molecule has 2 rings (SSSR count). The molecule has 0 fully saturated rings. The fourth-order valence-corrected chi connectivity index (χ4v) is 3.63. The van der Waals surface area contributed by atoms with Crippen molar-refractivity contribution in [3.05, 3.63) is 58.6 Å². The highest BCUT2D eigenvalue weighted by Crippen LogP contribution is 2.24. The number of para-hydroxylation sites is 1. The second-order valence-electron chi connectivity index (χ2n) is 5.86. The summed E-state index contributed by atoms with van der Waals surface area (Å²) in [6.07, 6.45) is 0. The average molecular weight is 412 g/mol. The Hall–Kier alpha value is -2.13. The highest BCUT2D eigenvalue weighted by molar-refractivity contribution is 7.89. The Morgan fingerprint density at radius 2 is 1.93 bits per heavy atom. The van der Waals surface area contributed by atoms with Crippen molar-refractivity contribution in [3.63, 3.8) is 0 Å². The summed E-state index contributed by atoms with van der Waals surface area (Å²) in [5, 5.41) is 11.1. The van der Waals surface area contributed by atoms with Gasteiger partial charge < -0.3 is 15.4 Å². The summed E-state index contributed by atoms with van der Waals surface area (Å²) in [5.74, 6) is 0.376. The Labute approximate surface area is 163 Å². The van der Waals surface area contributed by atoms with Crippen molar-refractivity contribution < 1.29 is 17.9 Å². The molecule has 0 bridgehead atoms. The van der Waals surface area contributed by atoms with Crippen molar-refractivity contribution in [1.29, 1.82) is 0 Å². The molecule has 0 spiro atoms. The maximum absolute atomic E-state index is 12.2. The topological polar surface area (TPSA) is 111 Å². The van der Waals surface area contributed by atoms with E-state index in [4.69, 9.17) is 21.5 Å². The van der Waals surface area contributed by atoms with Crippen molar-refractivity contribution >= 4 is 27.5 Å². The van der Waals surface area contributed by atoms with Crippen LogP contribution in [-0.2, 0) is 10.0 Å². The first kappa shape index (κ1) is 21.2. The Kier molecular flexibility index (Phi) is 7.20. The van der Waals surface area contributed by atoms with E-state index in [1.165, 1.54) is 12.1 Å². The average Bonchev–Trinajstić information content (AvgIpc) is 2.64. The molecule has 2 aromatic rings. The standard InChI is InChI=1S/C18H22ClN3O4S/c1-12(14-5-3-4-6-16(14)26-2)21-9-10-22-18(23)13-7-8-15(19)17(11-13)27(20,24)25/h3-8,11-12,21H,9-10H2,1-2H3,(H,22,23)(H2,20,24,25). The fourth-order valence-electron chi connectivity index (χ4n) is 2.56. The molecule has 0 saturated heterocycles. The van der Waals surface area contributed by atoms with Gasteiger partial charge in [0.25, 0.3) is 5.91 Å². The highest BCUT2D eigenvalue weighted by Gasteiger charge is 2.16. The molecular weight excluding hydrogens is 390 g/mol. The molecule has 1 amide bonds. The van der Waals surface area contributed by atoms with Crippen molar-refractivity contribution in [2.75, 3.05) is 20.2 Å². The maximum atomic E-state index is 12.2. The van der Waals surface area contributed by atoms with Crippen LogP contribution in [0.15, 0.2) is 47.4 Å². The molecule has 0 radical (unpaired) electrons. The molecule has 0 aliphatic carbocycles. The number of carbonyl (C=O) groups is 1. The molecule has 0 heterocycles. The lowest BCUT2D eigenvalue weighted by Gasteiger charge is -2.17. The smallest absolute Gasteiger partial charge is 0.251 e. The first-order valence-corrected chi connectivity index (χ1v) is 10.1. The summed E-state index contributed by atoms with van der Waals surface area (Å²) in [6.45, 7) is 2.86. The van der Waals surface area contributed by atoms with Crippen LogP contribution in [-0.4, -0.2) is 34.5 Å². The summed E-state index contributed by atoms with van der Waals surface area (Å²) in [5.41, 5.74) is 1.18. The summed E-state index contributed by atoms with van der Waals surface area (Å²) >= 11 is 5.82. The largest absolute Gasteiger partial charge is 0.496 e. The van der Waals surface area contributed by atoms with E-state index in [0.717, 1.165) is 17.4 Å². The molecule has 0 aromatic heterocycles. The Morgan fingerprint density at radius 1 is 1.22 bits per heavy atom. The molecule has 7 nitrogen and oxygen atoms in total. The molecule has 0 aliphatic heterocycles. The first-order valence-electron chi connectivity index (χ1n) is 8.21. The minimum atomic E-state index is -4.00. The number of hydrogen-bond acceptors (Lipinski definition) is 5. The van der Waals surface area contributed by atoms with E-state index in [1.54, 1.807) is 7.11 Å². The van der Waals surface area contributed by atoms with Crippen molar-refractivity contribution in [1.82, 2.24) is 10.6 Å². The van der Waals surface area contributed by atoms with Gasteiger partial charge in [-0.2, -0.15) is 0 Å². The highest BCUT2D eigenvalue weighted by atomic mass is 35.5. The quantitative estimate of drug-likeness (QED) is 0.576. The number of halogens is 1. The van der Waals surface area contributed by atoms with E-state index in [1.807, 2.05) is 31.2 Å². The van der Waals surface area contributed by atoms with Gasteiger partial charge >= 0.3 is 0 Å². The van der Waals surface area contributed by atoms with Crippen LogP contribution in [0, 0.1) is 0 Å². The molecule has 1 unspecified atom stereocenters. The first-order chi connectivity index (χ1) is 12.7. The van der Waals surface area contributed by atoms with Crippen LogP contribution < -0.4 is 20.5 Å². The fraction of sp³-hybridized carbons (Fsp3) is 0.278. The number of carbonyl (C=O) groups excluding carboxylic acids is 1. The summed E-state index contributed by atoms with van der Waals surface area (Å²) in [6, 6.07) is 11.7. The molecular formula is C18H22ClN3O4S. The molecule has 0 aliphatic rings. The van der Waals surface area contributed by atoms with Crippen LogP contribution in [0.5, 0.6) is 5.75 Å². The van der Waals surface area contributed by atoms with Gasteiger partial charge in [0, 0.05) is 30.3 Å². The van der Waals surface area contributed by atoms with Crippen LogP contribution in [0.2, 0.25) is 5.02 Å². The third kappa shape index (κ3) is 5.67. The van der Waals surface area contributed by atoms with E-state index in [2.05, 4.69) is 10.6 Å². The van der Waals surface area contributed by atoms with E-state index in [-0.39, 0.29) is 21.5 Å². The SMILES string of the molecule is COc1ccccc1C(C)NCCNC(=O)c1ccc(Cl)c(S(N)(=O)=O)c1. The van der Waals surface area contributed by atoms with Gasteiger partial charge in [0.2, 0.25) is 10.0 Å². The predicted octanol–water partition coefficient (Wildman–Crippen LogP) is 2.08. The number of rotatable bonds is 8. The molecule has 0 saturated carbocycles. The summed E-state index contributed by atoms with van der Waals surface area (Å²) < 4.78 is 28.3. The zero-order valence-corrected chi connectivity index (χ0v) is 16.6. The Morgan fingerprint density at radius 3 is 2.59 bits per heavy atom. The number of sulfonamides is 1. The van der Waals surface area contributed by atoms with E-state index in [0.29, 0.717) is 13.1 Å². The normalized spacial score (nSPS) is 12.4. The third-order valence-electron chi connectivity index (χ3n) is 3.97. The number of benzene rings is 2. The van der Waals surface area contributed by atoms with E-state index in [9.17, 15) is 13.2 Å². The van der Waals surface area contributed by atoms with Crippen LogP contribution in [0.4, 0.5) is 0 Å². The molecule has 4 N–H and O–H groups in total. The van der Waals surface area contributed by atoms with Crippen LogP contribution in [0.3, 0.4) is 0 Å². The zero-order chi connectivity index (χ0) is 20.0. The number of amides is 1. The van der Waals surface area contributed by atoms with Gasteiger partial charge in [-0.25, -0.2) is 13.6 Å². The number of methoxy groups -OCH3 is 1. The van der Waals surface area contributed by atoms with Gasteiger partial charge in [0.15, 0.2) is 0 Å². The minimum Gasteiger partial charge on any atom is -0.496 e. The third-order valence-corrected chi connectivity index (χ3v) is 5.36. The van der Waals surface area contributed by atoms with Gasteiger partial charge in [-0.05, 0) is 31.2 Å². The second kappa shape index (κ2) is 9.18. The van der Waals surface area contributed by atoms with Crippen LogP contribution in [0.25, 0.3) is 0 Å². The van der Waals surface area contributed by atoms with Gasteiger partial charge in [0.05, 0.1) is 12.1 Å². The number of hydrogen-bond donors (Lipinski definition) is 3. The van der Waals surface area contributed by atoms with Crippen LogP contribution >= 0.6 is 11.6 Å². The molecule has 146 valence electrons. The maximum Gasteiger partial charge on any atom is 0.251 e. The van der Waals surface area contributed by atoms with Crippen molar-refractivity contribution in [2.45, 2.75) is 17.9 Å². The van der Waals surface area contributed by atoms with Crippen LogP contribution in [0.1, 0.15) is 28.9 Å². The Balaban J connectivity index is 1.91. The number of nitrogens with two attached hydrogens (primary N) is 1. The van der Waals surface area contributed by atoms with Gasteiger partial charge in [-0.15, -0.1) is 0 Å². The molecule has 9 heteroatoms. The minimum absolute atomic E-state index is 0.0265. The lowest BCUT2D eigenvalue weighted by Crippen LogP contribution is -2.33. The summed E-state index contributed by atoms with van der Waals surface area (Å²) in [4.78, 5) is 11.9. The number of nitrogens with one attached hydrogen (secondary N) is 2. The monoisotopic (exact) mass is 411 g/mol. The lowest BCUT2D eigenvalue weighted by molar-refractivity contribution is 0.0953. The van der Waals surface area contributed by atoms with Gasteiger partial charge in [-0.1, -0.05) is 29.8 Å².